The third-order valence-electron chi connectivity index (χ3n) is 4.34. The van der Waals surface area contributed by atoms with Crippen LogP contribution >= 0.6 is 0 Å². The Bertz CT molecular complexity index is 1000. The Labute approximate surface area is 160 Å². The quantitative estimate of drug-likeness (QED) is 0.642. The highest BCUT2D eigenvalue weighted by molar-refractivity contribution is 7.91. The predicted molar refractivity (Wildman–Crippen MR) is 106 cm³/mol. The molecule has 0 N–H and O–H groups in total. The van der Waals surface area contributed by atoms with Crippen LogP contribution in [-0.2, 0) is 16.4 Å². The van der Waals surface area contributed by atoms with Gasteiger partial charge in [-0.2, -0.15) is 0 Å². The van der Waals surface area contributed by atoms with E-state index in [1.807, 2.05) is 62.9 Å². The third-order valence-corrected chi connectivity index (χ3v) is 6.02. The first-order valence-corrected chi connectivity index (χ1v) is 10.2. The summed E-state index contributed by atoms with van der Waals surface area (Å²) in [5.74, 6) is 0.256. The maximum Gasteiger partial charge on any atom is 0.236 e. The zero-order chi connectivity index (χ0) is 19.7. The monoisotopic (exact) mass is 384 g/mol. The topological polar surface area (TPSA) is 63.4 Å². The number of aromatic nitrogens is 1. The van der Waals surface area contributed by atoms with Crippen LogP contribution in [-0.4, -0.2) is 18.9 Å². The van der Waals surface area contributed by atoms with E-state index in [-0.39, 0.29) is 21.3 Å². The Morgan fingerprint density at radius 3 is 2.22 bits per heavy atom. The van der Waals surface area contributed by atoms with Crippen molar-refractivity contribution >= 4 is 15.7 Å². The van der Waals surface area contributed by atoms with Crippen molar-refractivity contribution in [3.63, 3.8) is 0 Å². The zero-order valence-electron chi connectivity index (χ0n) is 16.0. The molecule has 0 atom stereocenters. The number of rotatable bonds is 5. The van der Waals surface area contributed by atoms with Gasteiger partial charge >= 0.3 is 0 Å². The van der Waals surface area contributed by atoms with E-state index in [9.17, 15) is 8.42 Å². The van der Waals surface area contributed by atoms with Crippen molar-refractivity contribution in [2.24, 2.45) is 0 Å². The summed E-state index contributed by atoms with van der Waals surface area (Å²) >= 11 is 0. The molecule has 6 heteroatoms. The maximum absolute atomic E-state index is 13.2. The fraction of sp³-hybridized carbons (Fsp3) is 0.286. The fourth-order valence-corrected chi connectivity index (χ4v) is 4.09. The lowest BCUT2D eigenvalue weighted by atomic mass is 10.0. The molecule has 1 heterocycles. The standard InChI is InChI=1S/C21H24N2O3S/c1-16-10-12-18(13-11-16)27(24,25)19-20(26-15-22-19)23(21(2,3)4)14-17-8-6-5-7-9-17/h5-13,15H,14H2,1-4H3. The molecule has 2 aromatic carbocycles. The number of hydrogen-bond acceptors (Lipinski definition) is 5. The van der Waals surface area contributed by atoms with E-state index in [2.05, 4.69) is 4.98 Å². The van der Waals surface area contributed by atoms with Crippen LogP contribution in [0.4, 0.5) is 5.88 Å². The summed E-state index contributed by atoms with van der Waals surface area (Å²) < 4.78 is 31.9. The molecular weight excluding hydrogens is 360 g/mol. The number of benzene rings is 2. The van der Waals surface area contributed by atoms with E-state index in [0.717, 1.165) is 11.1 Å². The lowest BCUT2D eigenvalue weighted by molar-refractivity contribution is 0.437. The molecule has 5 nitrogen and oxygen atoms in total. The van der Waals surface area contributed by atoms with Gasteiger partial charge in [0, 0.05) is 12.1 Å². The van der Waals surface area contributed by atoms with Crippen LogP contribution in [0.2, 0.25) is 0 Å². The van der Waals surface area contributed by atoms with Crippen molar-refractivity contribution in [2.45, 2.75) is 49.7 Å². The van der Waals surface area contributed by atoms with Crippen molar-refractivity contribution in [1.82, 2.24) is 4.98 Å². The molecule has 0 amide bonds. The summed E-state index contributed by atoms with van der Waals surface area (Å²) in [6, 6.07) is 16.6. The summed E-state index contributed by atoms with van der Waals surface area (Å²) in [6.45, 7) is 8.47. The van der Waals surface area contributed by atoms with Gasteiger partial charge in [0.2, 0.25) is 20.7 Å². The van der Waals surface area contributed by atoms with Crippen molar-refractivity contribution < 1.29 is 12.8 Å². The van der Waals surface area contributed by atoms with E-state index >= 15 is 0 Å². The third kappa shape index (κ3) is 4.06. The fourth-order valence-electron chi connectivity index (χ4n) is 2.80. The molecule has 27 heavy (non-hydrogen) atoms. The molecule has 0 unspecified atom stereocenters. The minimum Gasteiger partial charge on any atom is -0.426 e. The molecule has 3 rings (SSSR count). The largest absolute Gasteiger partial charge is 0.426 e. The smallest absolute Gasteiger partial charge is 0.236 e. The van der Waals surface area contributed by atoms with Crippen LogP contribution in [0.25, 0.3) is 0 Å². The molecule has 0 fully saturated rings. The summed E-state index contributed by atoms with van der Waals surface area (Å²) in [4.78, 5) is 6.20. The van der Waals surface area contributed by atoms with Gasteiger partial charge in [-0.3, -0.25) is 0 Å². The van der Waals surface area contributed by atoms with Gasteiger partial charge in [-0.15, -0.1) is 0 Å². The summed E-state index contributed by atoms with van der Waals surface area (Å²) in [7, 11) is -3.79. The second-order valence-corrected chi connectivity index (χ2v) is 9.39. The van der Waals surface area contributed by atoms with Crippen LogP contribution in [0.3, 0.4) is 0 Å². The van der Waals surface area contributed by atoms with Gasteiger partial charge in [-0.05, 0) is 45.4 Å². The Hall–Kier alpha value is -2.60. The first kappa shape index (κ1) is 19.2. The van der Waals surface area contributed by atoms with Crippen molar-refractivity contribution in [3.8, 4) is 0 Å². The number of aryl methyl sites for hydroxylation is 1. The molecule has 0 aliphatic rings. The summed E-state index contributed by atoms with van der Waals surface area (Å²) in [5.41, 5.74) is 1.68. The van der Waals surface area contributed by atoms with Crippen LogP contribution in [0.15, 0.2) is 75.3 Å². The van der Waals surface area contributed by atoms with Gasteiger partial charge in [0.15, 0.2) is 6.39 Å². The normalized spacial score (nSPS) is 12.1. The van der Waals surface area contributed by atoms with E-state index in [1.165, 1.54) is 6.39 Å². The SMILES string of the molecule is Cc1ccc(S(=O)(=O)c2ncoc2N(Cc2ccccc2)C(C)(C)C)cc1. The molecule has 0 spiro atoms. The van der Waals surface area contributed by atoms with Crippen molar-refractivity contribution in [2.75, 3.05) is 4.90 Å². The van der Waals surface area contributed by atoms with Gasteiger partial charge in [-0.1, -0.05) is 48.0 Å². The summed E-state index contributed by atoms with van der Waals surface area (Å²) in [5, 5.41) is -0.0581. The van der Waals surface area contributed by atoms with Gasteiger partial charge in [0.1, 0.15) is 0 Å². The second-order valence-electron chi connectivity index (χ2n) is 7.52. The number of anilines is 1. The van der Waals surface area contributed by atoms with Crippen LogP contribution in [0.5, 0.6) is 0 Å². The van der Waals surface area contributed by atoms with Gasteiger partial charge in [-0.25, -0.2) is 13.4 Å². The highest BCUT2D eigenvalue weighted by atomic mass is 32.2. The van der Waals surface area contributed by atoms with Crippen LogP contribution in [0.1, 0.15) is 31.9 Å². The number of sulfone groups is 1. The van der Waals surface area contributed by atoms with E-state index in [1.54, 1.807) is 24.3 Å². The average molecular weight is 385 g/mol. The summed E-state index contributed by atoms with van der Waals surface area (Å²) in [6.07, 6.45) is 1.19. The zero-order valence-corrected chi connectivity index (χ0v) is 16.8. The Morgan fingerprint density at radius 2 is 1.63 bits per heavy atom. The number of oxazole rings is 1. The van der Waals surface area contributed by atoms with E-state index in [0.29, 0.717) is 6.54 Å². The lowest BCUT2D eigenvalue weighted by Gasteiger charge is -2.35. The lowest BCUT2D eigenvalue weighted by Crippen LogP contribution is -2.41. The molecule has 0 saturated heterocycles. The molecule has 1 aromatic heterocycles. The minimum absolute atomic E-state index is 0.0581. The predicted octanol–water partition coefficient (Wildman–Crippen LogP) is 4.62. The Kier molecular flexibility index (Phi) is 5.11. The van der Waals surface area contributed by atoms with Crippen LogP contribution < -0.4 is 4.90 Å². The molecule has 0 bridgehead atoms. The van der Waals surface area contributed by atoms with E-state index < -0.39 is 9.84 Å². The van der Waals surface area contributed by atoms with Gasteiger partial charge in [0.25, 0.3) is 0 Å². The average Bonchev–Trinajstić information content (AvgIpc) is 3.10. The molecule has 0 saturated carbocycles. The van der Waals surface area contributed by atoms with Crippen molar-refractivity contribution in [1.29, 1.82) is 0 Å². The van der Waals surface area contributed by atoms with Gasteiger partial charge < -0.3 is 9.32 Å². The molecular formula is C21H24N2O3S. The van der Waals surface area contributed by atoms with Crippen LogP contribution in [0, 0.1) is 6.92 Å². The minimum atomic E-state index is -3.79. The molecule has 142 valence electrons. The number of nitrogens with zero attached hydrogens (tertiary/aromatic N) is 2. The van der Waals surface area contributed by atoms with E-state index in [4.69, 9.17) is 4.42 Å². The van der Waals surface area contributed by atoms with Gasteiger partial charge in [0.05, 0.1) is 4.90 Å². The first-order chi connectivity index (χ1) is 12.7. The molecule has 0 aliphatic heterocycles. The molecule has 0 radical (unpaired) electrons. The number of hydrogen-bond donors (Lipinski definition) is 0. The van der Waals surface area contributed by atoms with Crippen molar-refractivity contribution in [3.05, 3.63) is 72.1 Å². The first-order valence-electron chi connectivity index (χ1n) is 8.76. The highest BCUT2D eigenvalue weighted by Gasteiger charge is 2.33. The Morgan fingerprint density at radius 1 is 1.00 bits per heavy atom. The second kappa shape index (κ2) is 7.19. The Balaban J connectivity index is 2.06. The molecule has 0 aliphatic carbocycles. The highest BCUT2D eigenvalue weighted by Crippen LogP contribution is 2.34. The molecule has 3 aromatic rings. The maximum atomic E-state index is 13.2.